The van der Waals surface area contributed by atoms with Crippen molar-refractivity contribution in [2.75, 3.05) is 5.75 Å². The number of nitrogens with one attached hydrogen (secondary N) is 1. The fourth-order valence-electron chi connectivity index (χ4n) is 6.57. The molecule has 0 spiro atoms. The van der Waals surface area contributed by atoms with E-state index in [2.05, 4.69) is 22.4 Å². The van der Waals surface area contributed by atoms with Crippen LogP contribution >= 0.6 is 11.8 Å². The number of furan rings is 1. The number of hydrogen-bond donors (Lipinski definition) is 1. The number of nitrogens with zero attached hydrogens (tertiary/aromatic N) is 3. The summed E-state index contributed by atoms with van der Waals surface area (Å²) in [6.07, 6.45) is 9.88. The van der Waals surface area contributed by atoms with Gasteiger partial charge >= 0.3 is 0 Å². The van der Waals surface area contributed by atoms with E-state index in [0.29, 0.717) is 11.2 Å². The second-order valence-corrected chi connectivity index (χ2v) is 10.6. The first-order valence-corrected chi connectivity index (χ1v) is 11.8. The first kappa shape index (κ1) is 19.2. The number of aromatic nitrogens is 3. The Hall–Kier alpha value is -1.76. The summed E-state index contributed by atoms with van der Waals surface area (Å²) in [6.45, 7) is 4.15. The van der Waals surface area contributed by atoms with Crippen LogP contribution in [-0.2, 0) is 11.8 Å². The molecule has 4 saturated carbocycles. The van der Waals surface area contributed by atoms with Crippen molar-refractivity contribution in [3.05, 3.63) is 18.1 Å². The van der Waals surface area contributed by atoms with Crippen molar-refractivity contribution in [1.29, 1.82) is 0 Å². The largest absolute Gasteiger partial charge is 0.469 e. The van der Waals surface area contributed by atoms with Crippen LogP contribution in [-0.4, -0.2) is 32.5 Å². The molecule has 2 aromatic rings. The molecule has 156 valence electrons. The van der Waals surface area contributed by atoms with Crippen LogP contribution < -0.4 is 5.32 Å². The van der Waals surface area contributed by atoms with E-state index in [9.17, 15) is 4.79 Å². The maximum atomic E-state index is 12.7. The van der Waals surface area contributed by atoms with Gasteiger partial charge in [-0.05, 0) is 81.6 Å². The van der Waals surface area contributed by atoms with Crippen molar-refractivity contribution in [2.24, 2.45) is 30.2 Å². The molecule has 0 saturated heterocycles. The van der Waals surface area contributed by atoms with Gasteiger partial charge in [0.2, 0.25) is 5.91 Å². The third-order valence-corrected chi connectivity index (χ3v) is 8.67. The highest BCUT2D eigenvalue weighted by Gasteiger charge is 2.53. The van der Waals surface area contributed by atoms with Crippen molar-refractivity contribution in [3.63, 3.8) is 0 Å². The zero-order valence-electron chi connectivity index (χ0n) is 17.5. The van der Waals surface area contributed by atoms with E-state index in [1.807, 2.05) is 24.6 Å². The standard InChI is InChI=1S/C22H30N4O2S/c1-13-18(4-5-28-13)20-24-25-21(26(20)3)29-12-19(27)23-14(2)22-9-15-6-16(10-22)8-17(7-15)11-22/h4-5,14-17H,6-12H2,1-3H3,(H,23,27)/t14-,15?,16?,17?,22?/m1/s1. The van der Waals surface area contributed by atoms with Crippen LogP contribution in [0.2, 0.25) is 0 Å². The van der Waals surface area contributed by atoms with Crippen LogP contribution in [0.15, 0.2) is 21.9 Å². The van der Waals surface area contributed by atoms with Gasteiger partial charge in [0.25, 0.3) is 0 Å². The average Bonchev–Trinajstić information content (AvgIpc) is 3.24. The van der Waals surface area contributed by atoms with E-state index in [0.717, 1.165) is 40.1 Å². The minimum absolute atomic E-state index is 0.0993. The maximum Gasteiger partial charge on any atom is 0.230 e. The summed E-state index contributed by atoms with van der Waals surface area (Å²) in [5.41, 5.74) is 1.28. The Balaban J connectivity index is 1.20. The lowest BCUT2D eigenvalue weighted by molar-refractivity contribution is -0.123. The molecule has 4 bridgehead atoms. The first-order valence-electron chi connectivity index (χ1n) is 10.8. The van der Waals surface area contributed by atoms with E-state index < -0.39 is 0 Å². The topological polar surface area (TPSA) is 72.9 Å². The lowest BCUT2D eigenvalue weighted by atomic mass is 9.48. The summed E-state index contributed by atoms with van der Waals surface area (Å²) in [4.78, 5) is 12.7. The Labute approximate surface area is 176 Å². The second kappa shape index (κ2) is 7.18. The number of aryl methyl sites for hydroxylation is 1. The highest BCUT2D eigenvalue weighted by Crippen LogP contribution is 2.61. The highest BCUT2D eigenvalue weighted by molar-refractivity contribution is 7.99. The fourth-order valence-corrected chi connectivity index (χ4v) is 7.29. The van der Waals surface area contributed by atoms with Gasteiger partial charge < -0.3 is 14.3 Å². The number of carbonyl (C=O) groups is 1. The SMILES string of the molecule is Cc1occc1-c1nnc(SCC(=O)N[C@H](C)C23CC4CC(CC(C4)C2)C3)n1C. The number of thioether (sulfide) groups is 1. The average molecular weight is 415 g/mol. The normalized spacial score (nSPS) is 31.2. The Morgan fingerprint density at radius 1 is 1.28 bits per heavy atom. The van der Waals surface area contributed by atoms with E-state index in [-0.39, 0.29) is 11.9 Å². The minimum Gasteiger partial charge on any atom is -0.469 e. The first-order chi connectivity index (χ1) is 13.9. The maximum absolute atomic E-state index is 12.7. The molecule has 0 unspecified atom stereocenters. The molecule has 2 aromatic heterocycles. The van der Waals surface area contributed by atoms with Gasteiger partial charge in [0, 0.05) is 13.1 Å². The number of rotatable bonds is 6. The lowest BCUT2D eigenvalue weighted by Crippen LogP contribution is -2.56. The molecule has 0 aliphatic heterocycles. The summed E-state index contributed by atoms with van der Waals surface area (Å²) >= 11 is 1.44. The molecule has 1 amide bonds. The monoisotopic (exact) mass is 414 g/mol. The molecule has 29 heavy (non-hydrogen) atoms. The summed E-state index contributed by atoms with van der Waals surface area (Å²) in [5.74, 6) is 4.75. The van der Waals surface area contributed by atoms with Gasteiger partial charge in [0.1, 0.15) is 5.76 Å². The lowest BCUT2D eigenvalue weighted by Gasteiger charge is -2.59. The van der Waals surface area contributed by atoms with Crippen LogP contribution in [0.4, 0.5) is 0 Å². The van der Waals surface area contributed by atoms with E-state index >= 15 is 0 Å². The molecular formula is C22H30N4O2S. The molecule has 4 aliphatic rings. The number of hydrogen-bond acceptors (Lipinski definition) is 5. The summed E-state index contributed by atoms with van der Waals surface area (Å²) < 4.78 is 7.30. The number of carbonyl (C=O) groups excluding carboxylic acids is 1. The van der Waals surface area contributed by atoms with Gasteiger partial charge in [-0.1, -0.05) is 11.8 Å². The highest BCUT2D eigenvalue weighted by atomic mass is 32.2. The summed E-state index contributed by atoms with van der Waals surface area (Å²) in [6, 6.07) is 2.15. The van der Waals surface area contributed by atoms with Crippen LogP contribution in [0.5, 0.6) is 0 Å². The van der Waals surface area contributed by atoms with Crippen molar-refractivity contribution < 1.29 is 9.21 Å². The van der Waals surface area contributed by atoms with E-state index in [4.69, 9.17) is 4.42 Å². The van der Waals surface area contributed by atoms with E-state index in [1.165, 1.54) is 50.3 Å². The molecule has 7 heteroatoms. The van der Waals surface area contributed by atoms with Crippen molar-refractivity contribution >= 4 is 17.7 Å². The smallest absolute Gasteiger partial charge is 0.230 e. The Bertz CT molecular complexity index is 883. The molecule has 0 radical (unpaired) electrons. The molecule has 4 aliphatic carbocycles. The van der Waals surface area contributed by atoms with Gasteiger partial charge in [-0.15, -0.1) is 10.2 Å². The zero-order valence-corrected chi connectivity index (χ0v) is 18.3. The summed E-state index contributed by atoms with van der Waals surface area (Å²) in [5, 5.41) is 12.6. The third-order valence-electron chi connectivity index (χ3n) is 7.65. The number of amides is 1. The van der Waals surface area contributed by atoms with Gasteiger partial charge in [0.05, 0.1) is 17.6 Å². The molecule has 2 heterocycles. The van der Waals surface area contributed by atoms with Gasteiger partial charge in [0.15, 0.2) is 11.0 Å². The van der Waals surface area contributed by atoms with Crippen molar-refractivity contribution in [3.8, 4) is 11.4 Å². The van der Waals surface area contributed by atoms with Crippen LogP contribution in [0.25, 0.3) is 11.4 Å². The predicted molar refractivity (Wildman–Crippen MR) is 112 cm³/mol. The molecule has 4 fully saturated rings. The molecule has 6 nitrogen and oxygen atoms in total. The Morgan fingerprint density at radius 3 is 2.52 bits per heavy atom. The minimum atomic E-state index is 0.0993. The van der Waals surface area contributed by atoms with Gasteiger partial charge in [-0.2, -0.15) is 0 Å². The second-order valence-electron chi connectivity index (χ2n) is 9.61. The molecular weight excluding hydrogens is 384 g/mol. The molecule has 1 atom stereocenters. The van der Waals surface area contributed by atoms with E-state index in [1.54, 1.807) is 6.26 Å². The van der Waals surface area contributed by atoms with Crippen LogP contribution in [0.1, 0.15) is 51.2 Å². The van der Waals surface area contributed by atoms with Crippen LogP contribution in [0.3, 0.4) is 0 Å². The quantitative estimate of drug-likeness (QED) is 0.717. The molecule has 6 rings (SSSR count). The fraction of sp³-hybridized carbons (Fsp3) is 0.682. The molecule has 1 N–H and O–H groups in total. The Kier molecular flexibility index (Phi) is 4.76. The van der Waals surface area contributed by atoms with Gasteiger partial charge in [-0.3, -0.25) is 4.79 Å². The van der Waals surface area contributed by atoms with Crippen LogP contribution in [0, 0.1) is 30.1 Å². The van der Waals surface area contributed by atoms with Crippen molar-refractivity contribution in [1.82, 2.24) is 20.1 Å². The Morgan fingerprint density at radius 2 is 1.93 bits per heavy atom. The summed E-state index contributed by atoms with van der Waals surface area (Å²) in [7, 11) is 1.93. The predicted octanol–water partition coefficient (Wildman–Crippen LogP) is 4.20. The third kappa shape index (κ3) is 3.41. The molecule has 0 aromatic carbocycles. The van der Waals surface area contributed by atoms with Gasteiger partial charge in [-0.25, -0.2) is 0 Å². The van der Waals surface area contributed by atoms with Crippen molar-refractivity contribution in [2.45, 2.75) is 63.6 Å². The zero-order chi connectivity index (χ0) is 20.2.